The second-order valence-corrected chi connectivity index (χ2v) is 3.76. The number of hydrogen-bond acceptors (Lipinski definition) is 3. The summed E-state index contributed by atoms with van der Waals surface area (Å²) >= 11 is 0. The number of carbonyl (C=O) groups excluding carboxylic acids is 1. The molecule has 0 radical (unpaired) electrons. The summed E-state index contributed by atoms with van der Waals surface area (Å²) in [5.74, 6) is 0.0802. The van der Waals surface area contributed by atoms with Gasteiger partial charge in [0.25, 0.3) is 0 Å². The molecule has 0 aliphatic rings. The van der Waals surface area contributed by atoms with Crippen LogP contribution in [0.2, 0.25) is 0 Å². The summed E-state index contributed by atoms with van der Waals surface area (Å²) in [4.78, 5) is 15.0. The molecule has 0 bridgehead atoms. The van der Waals surface area contributed by atoms with Crippen LogP contribution >= 0.6 is 0 Å². The van der Waals surface area contributed by atoms with Gasteiger partial charge in [0.05, 0.1) is 12.6 Å². The Balaban J connectivity index is 4.10. The molecule has 0 unspecified atom stereocenters. The Morgan fingerprint density at radius 2 is 2.00 bits per heavy atom. The first-order valence-corrected chi connectivity index (χ1v) is 4.80. The SMILES string of the molecule is CC(C)N(CCC#N)CC(=O)N(C)C. The van der Waals surface area contributed by atoms with Crippen molar-refractivity contribution in [3.63, 3.8) is 0 Å². The van der Waals surface area contributed by atoms with Crippen LogP contribution in [0.4, 0.5) is 0 Å². The summed E-state index contributed by atoms with van der Waals surface area (Å²) in [6, 6.07) is 2.39. The average molecular weight is 197 g/mol. The van der Waals surface area contributed by atoms with Crippen molar-refractivity contribution >= 4 is 5.91 Å². The zero-order valence-electron chi connectivity index (χ0n) is 9.45. The Kier molecular flexibility index (Phi) is 5.89. The van der Waals surface area contributed by atoms with Gasteiger partial charge in [-0.3, -0.25) is 9.69 Å². The molecule has 0 aromatic rings. The van der Waals surface area contributed by atoms with Crippen molar-refractivity contribution in [2.45, 2.75) is 26.3 Å². The fourth-order valence-corrected chi connectivity index (χ4v) is 1.03. The highest BCUT2D eigenvalue weighted by atomic mass is 16.2. The van der Waals surface area contributed by atoms with E-state index in [0.717, 1.165) is 0 Å². The van der Waals surface area contributed by atoms with Gasteiger partial charge in [-0.1, -0.05) is 0 Å². The summed E-state index contributed by atoms with van der Waals surface area (Å²) in [5.41, 5.74) is 0. The molecule has 0 N–H and O–H groups in total. The highest BCUT2D eigenvalue weighted by Crippen LogP contribution is 2.00. The third-order valence-corrected chi connectivity index (χ3v) is 2.08. The van der Waals surface area contributed by atoms with Gasteiger partial charge >= 0.3 is 0 Å². The Hall–Kier alpha value is -1.08. The molecule has 0 saturated carbocycles. The highest BCUT2D eigenvalue weighted by Gasteiger charge is 2.14. The maximum atomic E-state index is 11.4. The fraction of sp³-hybridized carbons (Fsp3) is 0.800. The number of carbonyl (C=O) groups is 1. The molecule has 1 amide bonds. The minimum Gasteiger partial charge on any atom is -0.348 e. The van der Waals surface area contributed by atoms with Crippen molar-refractivity contribution < 1.29 is 4.79 Å². The second-order valence-electron chi connectivity index (χ2n) is 3.76. The van der Waals surface area contributed by atoms with Crippen molar-refractivity contribution in [3.05, 3.63) is 0 Å². The van der Waals surface area contributed by atoms with E-state index in [1.165, 1.54) is 0 Å². The molecule has 4 heteroatoms. The molecule has 0 fully saturated rings. The first-order valence-electron chi connectivity index (χ1n) is 4.80. The van der Waals surface area contributed by atoms with Crippen LogP contribution in [0.25, 0.3) is 0 Å². The molecule has 0 spiro atoms. The number of rotatable bonds is 5. The molecule has 0 saturated heterocycles. The molecule has 0 aromatic heterocycles. The van der Waals surface area contributed by atoms with E-state index in [9.17, 15) is 4.79 Å². The highest BCUT2D eigenvalue weighted by molar-refractivity contribution is 5.77. The first kappa shape index (κ1) is 12.9. The molecule has 14 heavy (non-hydrogen) atoms. The van der Waals surface area contributed by atoms with Crippen LogP contribution in [0.3, 0.4) is 0 Å². The van der Waals surface area contributed by atoms with E-state index in [4.69, 9.17) is 5.26 Å². The summed E-state index contributed by atoms with van der Waals surface area (Å²) in [5, 5.41) is 8.47. The Morgan fingerprint density at radius 3 is 2.36 bits per heavy atom. The van der Waals surface area contributed by atoms with Crippen molar-refractivity contribution in [3.8, 4) is 6.07 Å². The van der Waals surface area contributed by atoms with Gasteiger partial charge in [-0.2, -0.15) is 5.26 Å². The van der Waals surface area contributed by atoms with E-state index in [1.807, 2.05) is 18.7 Å². The lowest BCUT2D eigenvalue weighted by atomic mass is 10.3. The van der Waals surface area contributed by atoms with Gasteiger partial charge in [-0.25, -0.2) is 0 Å². The lowest BCUT2D eigenvalue weighted by molar-refractivity contribution is -0.130. The van der Waals surface area contributed by atoms with E-state index < -0.39 is 0 Å². The molecule has 0 aromatic carbocycles. The molecule has 0 rings (SSSR count). The van der Waals surface area contributed by atoms with Crippen LogP contribution < -0.4 is 0 Å². The molecule has 80 valence electrons. The van der Waals surface area contributed by atoms with Gasteiger partial charge in [0, 0.05) is 33.1 Å². The van der Waals surface area contributed by atoms with Crippen LogP contribution in [0.5, 0.6) is 0 Å². The summed E-state index contributed by atoms with van der Waals surface area (Å²) in [6.07, 6.45) is 0.471. The standard InChI is InChI=1S/C10H19N3O/c1-9(2)13(7-5-6-11)8-10(14)12(3)4/h9H,5,7-8H2,1-4H3. The van der Waals surface area contributed by atoms with Crippen LogP contribution in [0.15, 0.2) is 0 Å². The molecular weight excluding hydrogens is 178 g/mol. The zero-order chi connectivity index (χ0) is 11.1. The third kappa shape index (κ3) is 4.83. The maximum absolute atomic E-state index is 11.4. The predicted molar refractivity (Wildman–Crippen MR) is 55.6 cm³/mol. The number of amides is 1. The van der Waals surface area contributed by atoms with Gasteiger partial charge < -0.3 is 4.90 Å². The van der Waals surface area contributed by atoms with E-state index in [-0.39, 0.29) is 5.91 Å². The number of nitriles is 1. The monoisotopic (exact) mass is 197 g/mol. The molecule has 0 aliphatic carbocycles. The minimum absolute atomic E-state index is 0.0802. The lowest BCUT2D eigenvalue weighted by Crippen LogP contribution is -2.40. The molecule has 0 atom stereocenters. The smallest absolute Gasteiger partial charge is 0.236 e. The summed E-state index contributed by atoms with van der Waals surface area (Å²) in [7, 11) is 3.48. The predicted octanol–water partition coefficient (Wildman–Crippen LogP) is 0.699. The Bertz CT molecular complexity index is 218. The molecule has 0 aliphatic heterocycles. The van der Waals surface area contributed by atoms with Crippen molar-refractivity contribution in [2.75, 3.05) is 27.2 Å². The normalized spacial score (nSPS) is 10.4. The van der Waals surface area contributed by atoms with Crippen molar-refractivity contribution in [1.82, 2.24) is 9.80 Å². The van der Waals surface area contributed by atoms with Crippen LogP contribution in [-0.2, 0) is 4.79 Å². The van der Waals surface area contributed by atoms with Crippen LogP contribution in [0, 0.1) is 11.3 Å². The van der Waals surface area contributed by atoms with Crippen LogP contribution in [-0.4, -0.2) is 48.9 Å². The average Bonchev–Trinajstić information content (AvgIpc) is 2.10. The molecule has 4 nitrogen and oxygen atoms in total. The quantitative estimate of drug-likeness (QED) is 0.651. The van der Waals surface area contributed by atoms with Gasteiger partial charge in [-0.15, -0.1) is 0 Å². The van der Waals surface area contributed by atoms with Gasteiger partial charge in [0.2, 0.25) is 5.91 Å². The number of likely N-dealkylation sites (N-methyl/N-ethyl adjacent to an activating group) is 1. The maximum Gasteiger partial charge on any atom is 0.236 e. The molecular formula is C10H19N3O. The van der Waals surface area contributed by atoms with E-state index >= 15 is 0 Å². The van der Waals surface area contributed by atoms with Crippen molar-refractivity contribution in [1.29, 1.82) is 5.26 Å². The van der Waals surface area contributed by atoms with E-state index in [0.29, 0.717) is 25.6 Å². The lowest BCUT2D eigenvalue weighted by Gasteiger charge is -2.26. The Morgan fingerprint density at radius 1 is 1.43 bits per heavy atom. The Labute approximate surface area is 86.1 Å². The van der Waals surface area contributed by atoms with Crippen molar-refractivity contribution in [2.24, 2.45) is 0 Å². The summed E-state index contributed by atoms with van der Waals surface area (Å²) < 4.78 is 0. The van der Waals surface area contributed by atoms with Crippen LogP contribution in [0.1, 0.15) is 20.3 Å². The summed E-state index contributed by atoms with van der Waals surface area (Å²) in [6.45, 7) is 5.11. The first-order chi connectivity index (χ1) is 6.49. The van der Waals surface area contributed by atoms with Gasteiger partial charge in [0.1, 0.15) is 0 Å². The number of hydrogen-bond donors (Lipinski definition) is 0. The van der Waals surface area contributed by atoms with E-state index in [2.05, 4.69) is 6.07 Å². The fourth-order valence-electron chi connectivity index (χ4n) is 1.03. The third-order valence-electron chi connectivity index (χ3n) is 2.08. The van der Waals surface area contributed by atoms with Gasteiger partial charge in [0.15, 0.2) is 0 Å². The number of nitrogens with zero attached hydrogens (tertiary/aromatic N) is 3. The topological polar surface area (TPSA) is 47.3 Å². The van der Waals surface area contributed by atoms with Gasteiger partial charge in [-0.05, 0) is 13.8 Å². The van der Waals surface area contributed by atoms with E-state index in [1.54, 1.807) is 19.0 Å². The second kappa shape index (κ2) is 6.39. The minimum atomic E-state index is 0.0802. The molecule has 0 heterocycles. The zero-order valence-corrected chi connectivity index (χ0v) is 9.45. The largest absolute Gasteiger partial charge is 0.348 e.